The van der Waals surface area contributed by atoms with Crippen LogP contribution in [-0.2, 0) is 28.9 Å². The van der Waals surface area contributed by atoms with Gasteiger partial charge in [-0.2, -0.15) is 0 Å². The molecule has 0 spiro atoms. The molecule has 1 aromatic carbocycles. The van der Waals surface area contributed by atoms with Crippen LogP contribution >= 0.6 is 11.3 Å². The van der Waals surface area contributed by atoms with Crippen molar-refractivity contribution < 1.29 is 14.6 Å². The smallest absolute Gasteiger partial charge is 0.118 e. The van der Waals surface area contributed by atoms with Gasteiger partial charge in [-0.15, -0.1) is 11.3 Å². The number of thiazole rings is 1. The summed E-state index contributed by atoms with van der Waals surface area (Å²) in [7, 11) is 0. The second kappa shape index (κ2) is 11.6. The Hall–Kier alpha value is -1.31. The summed E-state index contributed by atoms with van der Waals surface area (Å²) in [6, 6.07) is 6.84. The third-order valence-corrected chi connectivity index (χ3v) is 6.17. The van der Waals surface area contributed by atoms with Gasteiger partial charge in [0.25, 0.3) is 0 Å². The molecule has 0 unspecified atom stereocenters. The van der Waals surface area contributed by atoms with E-state index < -0.39 is 0 Å². The van der Waals surface area contributed by atoms with E-state index in [-0.39, 0.29) is 12.7 Å². The first-order valence-electron chi connectivity index (χ1n) is 10.3. The Morgan fingerprint density at radius 2 is 2.18 bits per heavy atom. The molecular weight excluding hydrogens is 372 g/mol. The summed E-state index contributed by atoms with van der Waals surface area (Å²) in [5.74, 6) is 0.390. The molecule has 2 aromatic rings. The van der Waals surface area contributed by atoms with Crippen molar-refractivity contribution in [1.29, 1.82) is 0 Å². The molecule has 6 heteroatoms. The average molecular weight is 405 g/mol. The van der Waals surface area contributed by atoms with Gasteiger partial charge in [0.2, 0.25) is 0 Å². The first-order valence-corrected chi connectivity index (χ1v) is 11.2. The van der Waals surface area contributed by atoms with Gasteiger partial charge in [0, 0.05) is 18.2 Å². The molecule has 0 radical (unpaired) electrons. The van der Waals surface area contributed by atoms with Crippen LogP contribution in [0.1, 0.15) is 53.3 Å². The van der Waals surface area contributed by atoms with Crippen LogP contribution in [0.4, 0.5) is 0 Å². The zero-order valence-electron chi connectivity index (χ0n) is 16.5. The fourth-order valence-electron chi connectivity index (χ4n) is 3.82. The molecule has 1 aliphatic carbocycles. The second-order valence-corrected chi connectivity index (χ2v) is 8.37. The van der Waals surface area contributed by atoms with Crippen molar-refractivity contribution in [3.63, 3.8) is 0 Å². The highest BCUT2D eigenvalue weighted by Gasteiger charge is 2.20. The Kier molecular flexibility index (Phi) is 8.89. The Morgan fingerprint density at radius 3 is 2.96 bits per heavy atom. The number of hydrogen-bond donors (Lipinski definition) is 2. The molecule has 0 bridgehead atoms. The zero-order chi connectivity index (χ0) is 19.6. The van der Waals surface area contributed by atoms with Crippen molar-refractivity contribution in [1.82, 2.24) is 4.98 Å². The van der Waals surface area contributed by atoms with Gasteiger partial charge in [0.15, 0.2) is 0 Å². The maximum absolute atomic E-state index is 8.99. The van der Waals surface area contributed by atoms with E-state index in [1.807, 2.05) is 5.38 Å². The molecule has 0 saturated heterocycles. The SMILES string of the molecule is NC[C@H](CCCCO)c1ccc2c(c1)CC[C@@H](OCCOCc1nccs1)C2. The highest BCUT2D eigenvalue weighted by molar-refractivity contribution is 7.09. The monoisotopic (exact) mass is 404 g/mol. The number of aryl methyl sites for hydroxylation is 1. The topological polar surface area (TPSA) is 77.6 Å². The van der Waals surface area contributed by atoms with Crippen molar-refractivity contribution in [3.05, 3.63) is 51.5 Å². The van der Waals surface area contributed by atoms with Crippen molar-refractivity contribution in [3.8, 4) is 0 Å². The first-order chi connectivity index (χ1) is 13.8. The van der Waals surface area contributed by atoms with Crippen molar-refractivity contribution in [2.24, 2.45) is 5.73 Å². The molecule has 3 rings (SSSR count). The van der Waals surface area contributed by atoms with Crippen LogP contribution in [-0.4, -0.2) is 42.6 Å². The third-order valence-electron chi connectivity index (χ3n) is 5.42. The number of benzene rings is 1. The van der Waals surface area contributed by atoms with Gasteiger partial charge < -0.3 is 20.3 Å². The third kappa shape index (κ3) is 6.36. The predicted molar refractivity (Wildman–Crippen MR) is 113 cm³/mol. The minimum absolute atomic E-state index is 0.263. The Balaban J connectivity index is 1.43. The zero-order valence-corrected chi connectivity index (χ0v) is 17.3. The van der Waals surface area contributed by atoms with Gasteiger partial charge >= 0.3 is 0 Å². The number of hydrogen-bond acceptors (Lipinski definition) is 6. The fourth-order valence-corrected chi connectivity index (χ4v) is 4.37. The fraction of sp³-hybridized carbons (Fsp3) is 0.591. The minimum atomic E-state index is 0.263. The van der Waals surface area contributed by atoms with Gasteiger partial charge in [-0.1, -0.05) is 24.6 Å². The molecule has 1 aliphatic rings. The van der Waals surface area contributed by atoms with Gasteiger partial charge in [0.1, 0.15) is 5.01 Å². The molecule has 2 atom stereocenters. The lowest BCUT2D eigenvalue weighted by atomic mass is 9.85. The summed E-state index contributed by atoms with van der Waals surface area (Å²) in [5, 5.41) is 12.0. The number of aromatic nitrogens is 1. The molecule has 0 aliphatic heterocycles. The number of aliphatic hydroxyl groups excluding tert-OH is 1. The van der Waals surface area contributed by atoms with Gasteiger partial charge in [0.05, 0.1) is 25.9 Å². The normalized spacial score (nSPS) is 17.4. The predicted octanol–water partition coefficient (Wildman–Crippen LogP) is 3.44. The summed E-state index contributed by atoms with van der Waals surface area (Å²) >= 11 is 1.62. The van der Waals surface area contributed by atoms with Crippen molar-refractivity contribution in [2.75, 3.05) is 26.4 Å². The highest BCUT2D eigenvalue weighted by atomic mass is 32.1. The van der Waals surface area contributed by atoms with Crippen LogP contribution in [0, 0.1) is 0 Å². The number of fused-ring (bicyclic) bond motifs is 1. The van der Waals surface area contributed by atoms with E-state index in [2.05, 4.69) is 23.2 Å². The summed E-state index contributed by atoms with van der Waals surface area (Å²) in [5.41, 5.74) is 10.2. The number of unbranched alkanes of at least 4 members (excludes halogenated alkanes) is 1. The van der Waals surface area contributed by atoms with E-state index in [9.17, 15) is 0 Å². The van der Waals surface area contributed by atoms with Crippen LogP contribution in [0.3, 0.4) is 0 Å². The summed E-state index contributed by atoms with van der Waals surface area (Å²) in [6.07, 6.45) is 8.08. The highest BCUT2D eigenvalue weighted by Crippen LogP contribution is 2.28. The molecule has 1 heterocycles. The first kappa shape index (κ1) is 21.4. The number of nitrogens with two attached hydrogens (primary N) is 1. The minimum Gasteiger partial charge on any atom is -0.396 e. The van der Waals surface area contributed by atoms with E-state index in [4.69, 9.17) is 20.3 Å². The Labute approximate surface area is 171 Å². The number of ether oxygens (including phenoxy) is 2. The van der Waals surface area contributed by atoms with E-state index in [1.165, 1.54) is 16.7 Å². The summed E-state index contributed by atoms with van der Waals surface area (Å²) in [4.78, 5) is 4.21. The lowest BCUT2D eigenvalue weighted by molar-refractivity contribution is -0.00461. The van der Waals surface area contributed by atoms with E-state index in [0.717, 1.165) is 43.5 Å². The number of rotatable bonds is 12. The van der Waals surface area contributed by atoms with Gasteiger partial charge in [-0.05, 0) is 61.3 Å². The molecule has 5 nitrogen and oxygen atoms in total. The molecule has 3 N–H and O–H groups in total. The van der Waals surface area contributed by atoms with Crippen molar-refractivity contribution in [2.45, 2.75) is 57.2 Å². The second-order valence-electron chi connectivity index (χ2n) is 7.39. The maximum atomic E-state index is 8.99. The summed E-state index contributed by atoms with van der Waals surface area (Å²) < 4.78 is 11.7. The molecule has 0 fully saturated rings. The lowest BCUT2D eigenvalue weighted by Crippen LogP contribution is -2.24. The Morgan fingerprint density at radius 1 is 1.25 bits per heavy atom. The van der Waals surface area contributed by atoms with Gasteiger partial charge in [-0.3, -0.25) is 0 Å². The molecule has 28 heavy (non-hydrogen) atoms. The number of nitrogens with zero attached hydrogens (tertiary/aromatic N) is 1. The quantitative estimate of drug-likeness (QED) is 0.530. The van der Waals surface area contributed by atoms with Crippen LogP contribution < -0.4 is 5.73 Å². The Bertz CT molecular complexity index is 693. The van der Waals surface area contributed by atoms with Crippen LogP contribution in [0.15, 0.2) is 29.8 Å². The molecule has 154 valence electrons. The molecule has 0 amide bonds. The van der Waals surface area contributed by atoms with E-state index in [1.54, 1.807) is 17.5 Å². The molecular formula is C22H32N2O3S. The maximum Gasteiger partial charge on any atom is 0.118 e. The summed E-state index contributed by atoms with van der Waals surface area (Å²) in [6.45, 7) is 2.73. The van der Waals surface area contributed by atoms with Crippen LogP contribution in [0.2, 0.25) is 0 Å². The lowest BCUT2D eigenvalue weighted by Gasteiger charge is -2.26. The van der Waals surface area contributed by atoms with Crippen LogP contribution in [0.5, 0.6) is 0 Å². The number of aliphatic hydroxyl groups is 1. The standard InChI is InChI=1S/C22H32N2O3S/c23-15-20(3-1-2-9-25)18-4-5-19-14-21(7-6-17(19)13-18)27-11-10-26-16-22-24-8-12-28-22/h4-5,8,12-13,20-21,25H,1-3,6-7,9-11,14-16,23H2/t20-,21+/m0/s1. The van der Waals surface area contributed by atoms with Gasteiger partial charge in [-0.25, -0.2) is 4.98 Å². The van der Waals surface area contributed by atoms with Crippen molar-refractivity contribution >= 4 is 11.3 Å². The van der Waals surface area contributed by atoms with E-state index >= 15 is 0 Å². The average Bonchev–Trinajstić information content (AvgIpc) is 3.24. The largest absolute Gasteiger partial charge is 0.396 e. The van der Waals surface area contributed by atoms with E-state index in [0.29, 0.717) is 32.3 Å². The van der Waals surface area contributed by atoms with Crippen LogP contribution in [0.25, 0.3) is 0 Å². The molecule has 1 aromatic heterocycles. The molecule has 0 saturated carbocycles.